The molecule has 2 aliphatic heterocycles. The standard InChI is InChI=1S/C17H24N2O5S/c1-13-4-3-7-19(11-13)17(20)12-18(2)25(21,22)14-5-6-15-16(10-14)24-9-8-23-15/h5-6,10,13H,3-4,7-9,11-12H2,1-2H3/t13-/m0/s1. The quantitative estimate of drug-likeness (QED) is 0.802. The summed E-state index contributed by atoms with van der Waals surface area (Å²) < 4.78 is 37.5. The number of carbonyl (C=O) groups excluding carboxylic acids is 1. The summed E-state index contributed by atoms with van der Waals surface area (Å²) in [5.74, 6) is 1.25. The normalized spacial score (nSPS) is 20.6. The molecule has 0 saturated carbocycles. The van der Waals surface area contributed by atoms with Gasteiger partial charge in [-0.25, -0.2) is 8.42 Å². The van der Waals surface area contributed by atoms with E-state index < -0.39 is 10.0 Å². The molecule has 0 bridgehead atoms. The Hall–Kier alpha value is -1.80. The van der Waals surface area contributed by atoms with Gasteiger partial charge in [0.1, 0.15) is 13.2 Å². The van der Waals surface area contributed by atoms with Gasteiger partial charge in [0.15, 0.2) is 11.5 Å². The third-order valence-corrected chi connectivity index (χ3v) is 6.39. The zero-order valence-electron chi connectivity index (χ0n) is 14.6. The topological polar surface area (TPSA) is 76.2 Å². The van der Waals surface area contributed by atoms with Gasteiger partial charge >= 0.3 is 0 Å². The van der Waals surface area contributed by atoms with Crippen LogP contribution in [0.25, 0.3) is 0 Å². The van der Waals surface area contributed by atoms with Gasteiger partial charge in [-0.2, -0.15) is 4.31 Å². The van der Waals surface area contributed by atoms with Crippen molar-refractivity contribution in [2.24, 2.45) is 5.92 Å². The molecule has 25 heavy (non-hydrogen) atoms. The van der Waals surface area contributed by atoms with Crippen molar-refractivity contribution >= 4 is 15.9 Å². The van der Waals surface area contributed by atoms with Crippen molar-refractivity contribution in [1.82, 2.24) is 9.21 Å². The van der Waals surface area contributed by atoms with E-state index in [4.69, 9.17) is 9.47 Å². The van der Waals surface area contributed by atoms with Gasteiger partial charge in [-0.3, -0.25) is 4.79 Å². The number of nitrogens with zero attached hydrogens (tertiary/aromatic N) is 2. The van der Waals surface area contributed by atoms with Crippen LogP contribution in [0.15, 0.2) is 23.1 Å². The van der Waals surface area contributed by atoms with Crippen LogP contribution in [-0.2, 0) is 14.8 Å². The van der Waals surface area contributed by atoms with Gasteiger partial charge in [0.2, 0.25) is 15.9 Å². The van der Waals surface area contributed by atoms with Gasteiger partial charge in [-0.15, -0.1) is 0 Å². The third-order valence-electron chi connectivity index (χ3n) is 4.59. The summed E-state index contributed by atoms with van der Waals surface area (Å²) >= 11 is 0. The Balaban J connectivity index is 1.72. The van der Waals surface area contributed by atoms with Crippen LogP contribution < -0.4 is 9.47 Å². The SMILES string of the molecule is C[C@H]1CCCN(C(=O)CN(C)S(=O)(=O)c2ccc3c(c2)OCCO3)C1. The van der Waals surface area contributed by atoms with Crippen molar-refractivity contribution in [3.63, 3.8) is 0 Å². The Morgan fingerprint density at radius 1 is 1.28 bits per heavy atom. The molecule has 0 N–H and O–H groups in total. The Labute approximate surface area is 148 Å². The van der Waals surface area contributed by atoms with E-state index in [2.05, 4.69) is 6.92 Å². The highest BCUT2D eigenvalue weighted by Gasteiger charge is 2.28. The first-order valence-electron chi connectivity index (χ1n) is 8.51. The van der Waals surface area contributed by atoms with E-state index in [1.807, 2.05) is 0 Å². The van der Waals surface area contributed by atoms with Gasteiger partial charge in [-0.05, 0) is 30.9 Å². The zero-order valence-corrected chi connectivity index (χ0v) is 15.4. The number of piperidine rings is 1. The second kappa shape index (κ2) is 7.21. The predicted octanol–water partition coefficient (Wildman–Crippen LogP) is 1.34. The van der Waals surface area contributed by atoms with Gasteiger partial charge in [0.05, 0.1) is 11.4 Å². The molecule has 138 valence electrons. The van der Waals surface area contributed by atoms with Gasteiger partial charge in [0, 0.05) is 26.2 Å². The maximum atomic E-state index is 12.8. The minimum absolute atomic E-state index is 0.0964. The van der Waals surface area contributed by atoms with E-state index in [1.54, 1.807) is 11.0 Å². The number of hydrogen-bond donors (Lipinski definition) is 0. The van der Waals surface area contributed by atoms with Crippen molar-refractivity contribution in [1.29, 1.82) is 0 Å². The minimum atomic E-state index is -3.77. The van der Waals surface area contributed by atoms with E-state index >= 15 is 0 Å². The lowest BCUT2D eigenvalue weighted by molar-refractivity contribution is -0.132. The second-order valence-electron chi connectivity index (χ2n) is 6.65. The molecule has 1 atom stereocenters. The Kier molecular flexibility index (Phi) is 5.19. The van der Waals surface area contributed by atoms with Crippen molar-refractivity contribution < 1.29 is 22.7 Å². The predicted molar refractivity (Wildman–Crippen MR) is 92.2 cm³/mol. The fraction of sp³-hybridized carbons (Fsp3) is 0.588. The number of carbonyl (C=O) groups is 1. The molecule has 0 aliphatic carbocycles. The van der Waals surface area contributed by atoms with Gasteiger partial charge in [0.25, 0.3) is 0 Å². The van der Waals surface area contributed by atoms with Crippen molar-refractivity contribution in [3.8, 4) is 11.5 Å². The number of likely N-dealkylation sites (tertiary alicyclic amines) is 1. The fourth-order valence-corrected chi connectivity index (χ4v) is 4.29. The maximum absolute atomic E-state index is 12.8. The molecule has 0 unspecified atom stereocenters. The smallest absolute Gasteiger partial charge is 0.243 e. The van der Waals surface area contributed by atoms with Crippen LogP contribution in [0.4, 0.5) is 0 Å². The van der Waals surface area contributed by atoms with E-state index in [9.17, 15) is 13.2 Å². The molecule has 1 amide bonds. The van der Waals surface area contributed by atoms with Crippen LogP contribution in [0.1, 0.15) is 19.8 Å². The average Bonchev–Trinajstić information content (AvgIpc) is 2.61. The zero-order chi connectivity index (χ0) is 18.0. The Morgan fingerprint density at radius 3 is 2.72 bits per heavy atom. The summed E-state index contributed by atoms with van der Waals surface area (Å²) in [6.45, 7) is 4.16. The molecular formula is C17H24N2O5S. The largest absolute Gasteiger partial charge is 0.486 e. The number of amides is 1. The monoisotopic (exact) mass is 368 g/mol. The molecule has 7 nitrogen and oxygen atoms in total. The summed E-state index contributed by atoms with van der Waals surface area (Å²) in [6, 6.07) is 4.52. The molecule has 0 radical (unpaired) electrons. The maximum Gasteiger partial charge on any atom is 0.243 e. The second-order valence-corrected chi connectivity index (χ2v) is 8.70. The van der Waals surface area contributed by atoms with Crippen LogP contribution in [-0.4, -0.2) is 63.4 Å². The molecular weight excluding hydrogens is 344 g/mol. The first kappa shape index (κ1) is 18.0. The van der Waals surface area contributed by atoms with Gasteiger partial charge in [-0.1, -0.05) is 6.92 Å². The molecule has 8 heteroatoms. The molecule has 0 aromatic heterocycles. The highest BCUT2D eigenvalue weighted by molar-refractivity contribution is 7.89. The Bertz CT molecular complexity index is 749. The van der Waals surface area contributed by atoms with E-state index in [0.29, 0.717) is 43.7 Å². The summed E-state index contributed by atoms with van der Waals surface area (Å²) in [5.41, 5.74) is 0. The van der Waals surface area contributed by atoms with Crippen molar-refractivity contribution in [2.45, 2.75) is 24.7 Å². The number of ether oxygens (including phenoxy) is 2. The van der Waals surface area contributed by atoms with Crippen LogP contribution in [0.5, 0.6) is 11.5 Å². The molecule has 1 fully saturated rings. The number of rotatable bonds is 4. The Morgan fingerprint density at radius 2 is 2.00 bits per heavy atom. The van der Waals surface area contributed by atoms with Crippen LogP contribution in [0, 0.1) is 5.92 Å². The van der Waals surface area contributed by atoms with Crippen molar-refractivity contribution in [2.75, 3.05) is 39.9 Å². The molecule has 3 rings (SSSR count). The molecule has 1 aromatic rings. The molecule has 0 spiro atoms. The number of benzene rings is 1. The lowest BCUT2D eigenvalue weighted by Gasteiger charge is -2.32. The van der Waals surface area contributed by atoms with Crippen LogP contribution in [0.3, 0.4) is 0 Å². The average molecular weight is 368 g/mol. The number of likely N-dealkylation sites (N-methyl/N-ethyl adjacent to an activating group) is 1. The highest BCUT2D eigenvalue weighted by Crippen LogP contribution is 2.33. The van der Waals surface area contributed by atoms with Crippen LogP contribution >= 0.6 is 0 Å². The number of hydrogen-bond acceptors (Lipinski definition) is 5. The number of sulfonamides is 1. The summed E-state index contributed by atoms with van der Waals surface area (Å²) in [6.07, 6.45) is 2.07. The fourth-order valence-electron chi connectivity index (χ4n) is 3.16. The van der Waals surface area contributed by atoms with E-state index in [-0.39, 0.29) is 17.3 Å². The lowest BCUT2D eigenvalue weighted by atomic mass is 10.0. The van der Waals surface area contributed by atoms with Gasteiger partial charge < -0.3 is 14.4 Å². The van der Waals surface area contributed by atoms with Crippen LogP contribution in [0.2, 0.25) is 0 Å². The van der Waals surface area contributed by atoms with Crippen molar-refractivity contribution in [3.05, 3.63) is 18.2 Å². The summed E-state index contributed by atoms with van der Waals surface area (Å²) in [5, 5.41) is 0. The first-order valence-corrected chi connectivity index (χ1v) is 9.95. The lowest BCUT2D eigenvalue weighted by Crippen LogP contribution is -2.45. The summed E-state index contributed by atoms with van der Waals surface area (Å²) in [4.78, 5) is 14.3. The van der Waals surface area contributed by atoms with E-state index in [1.165, 1.54) is 19.2 Å². The molecule has 2 heterocycles. The highest BCUT2D eigenvalue weighted by atomic mass is 32.2. The minimum Gasteiger partial charge on any atom is -0.486 e. The third kappa shape index (κ3) is 3.90. The summed E-state index contributed by atoms with van der Waals surface area (Å²) in [7, 11) is -2.34. The van der Waals surface area contributed by atoms with E-state index in [0.717, 1.165) is 17.1 Å². The molecule has 2 aliphatic rings. The first-order chi connectivity index (χ1) is 11.9. The molecule has 1 aromatic carbocycles. The number of fused-ring (bicyclic) bond motifs is 1. The molecule has 1 saturated heterocycles.